The highest BCUT2D eigenvalue weighted by molar-refractivity contribution is 5.72. The van der Waals surface area contributed by atoms with Gasteiger partial charge in [-0.15, -0.1) is 0 Å². The molecule has 38 heavy (non-hydrogen) atoms. The van der Waals surface area contributed by atoms with Gasteiger partial charge in [-0.3, -0.25) is 9.59 Å². The fourth-order valence-corrected chi connectivity index (χ4v) is 4.78. The molecule has 4 nitrogen and oxygen atoms in total. The van der Waals surface area contributed by atoms with Crippen LogP contribution in [0.5, 0.6) is 11.5 Å². The Morgan fingerprint density at radius 2 is 0.974 bits per heavy atom. The summed E-state index contributed by atoms with van der Waals surface area (Å²) in [7, 11) is 0. The zero-order valence-electron chi connectivity index (χ0n) is 24.9. The third-order valence-electron chi connectivity index (χ3n) is 7.27. The van der Waals surface area contributed by atoms with Gasteiger partial charge in [0.1, 0.15) is 5.75 Å². The van der Waals surface area contributed by atoms with Crippen molar-refractivity contribution in [3.8, 4) is 11.5 Å². The Balaban J connectivity index is 2.09. The van der Waals surface area contributed by atoms with Crippen molar-refractivity contribution in [1.82, 2.24) is 0 Å². The summed E-state index contributed by atoms with van der Waals surface area (Å²) >= 11 is 0. The second-order valence-corrected chi connectivity index (χ2v) is 10.9. The van der Waals surface area contributed by atoms with Crippen LogP contribution < -0.4 is 14.9 Å². The molecule has 0 radical (unpaired) electrons. The van der Waals surface area contributed by atoms with Crippen molar-refractivity contribution in [2.75, 3.05) is 6.61 Å². The molecule has 0 fully saturated rings. The lowest BCUT2D eigenvalue weighted by Gasteiger charge is -2.05. The molecule has 0 unspecified atom stereocenters. The summed E-state index contributed by atoms with van der Waals surface area (Å²) in [4.78, 5) is 24.5. The molecule has 0 amide bonds. The van der Waals surface area contributed by atoms with E-state index in [1.807, 2.05) is 0 Å². The molecular weight excluding hydrogens is 472 g/mol. The molecular formula is C34H58O4. The topological polar surface area (TPSA) is 52.6 Å². The first-order valence-corrected chi connectivity index (χ1v) is 16.1. The number of esters is 1. The maximum Gasteiger partial charge on any atom is 0.311 e. The van der Waals surface area contributed by atoms with Crippen LogP contribution in [0.25, 0.3) is 0 Å². The summed E-state index contributed by atoms with van der Waals surface area (Å²) in [5, 5.41) is 0. The van der Waals surface area contributed by atoms with E-state index in [-0.39, 0.29) is 17.1 Å². The Morgan fingerprint density at radius 3 is 1.47 bits per heavy atom. The molecule has 0 bridgehead atoms. The van der Waals surface area contributed by atoms with Crippen molar-refractivity contribution in [3.63, 3.8) is 0 Å². The molecule has 0 spiro atoms. The van der Waals surface area contributed by atoms with E-state index in [1.54, 1.807) is 18.2 Å². The smallest absolute Gasteiger partial charge is 0.311 e. The van der Waals surface area contributed by atoms with Gasteiger partial charge in [0.05, 0.1) is 6.61 Å². The molecule has 4 heteroatoms. The van der Waals surface area contributed by atoms with Crippen LogP contribution in [0, 0.1) is 0 Å². The van der Waals surface area contributed by atoms with Crippen molar-refractivity contribution in [2.45, 2.75) is 162 Å². The maximum absolute atomic E-state index is 12.3. The third-order valence-corrected chi connectivity index (χ3v) is 7.27. The number of carbonyl (C=O) groups excluding carboxylic acids is 1. The summed E-state index contributed by atoms with van der Waals surface area (Å²) in [5.74, 6) is 0.398. The molecule has 0 atom stereocenters. The summed E-state index contributed by atoms with van der Waals surface area (Å²) < 4.78 is 11.2. The fraction of sp³-hybridized carbons (Fsp3) is 0.765. The van der Waals surface area contributed by atoms with Gasteiger partial charge in [-0.1, -0.05) is 142 Å². The van der Waals surface area contributed by atoms with Crippen molar-refractivity contribution in [3.05, 3.63) is 34.5 Å². The van der Waals surface area contributed by atoms with Gasteiger partial charge in [-0.2, -0.15) is 0 Å². The Hall–Kier alpha value is -1.84. The highest BCUT2D eigenvalue weighted by atomic mass is 16.5. The Morgan fingerprint density at radius 1 is 0.553 bits per heavy atom. The summed E-state index contributed by atoms with van der Waals surface area (Å²) in [6.45, 7) is 5.15. The van der Waals surface area contributed by atoms with Crippen LogP contribution in [-0.4, -0.2) is 12.6 Å². The molecule has 0 saturated heterocycles. The molecule has 0 aliphatic heterocycles. The van der Waals surface area contributed by atoms with Crippen molar-refractivity contribution in [1.29, 1.82) is 0 Å². The third kappa shape index (κ3) is 20.2. The van der Waals surface area contributed by atoms with Gasteiger partial charge in [-0.05, 0) is 37.1 Å². The molecule has 1 rings (SSSR count). The molecule has 1 aromatic rings. The SMILES string of the molecule is CCCCCCCCCCCCCCCOc1ccc(OC(=O)CCCCCCCCCCC)c(=O)cc1. The van der Waals surface area contributed by atoms with Crippen molar-refractivity contribution >= 4 is 5.97 Å². The first-order chi connectivity index (χ1) is 18.7. The van der Waals surface area contributed by atoms with Gasteiger partial charge < -0.3 is 9.47 Å². The molecule has 0 saturated carbocycles. The van der Waals surface area contributed by atoms with Gasteiger partial charge in [0.25, 0.3) is 0 Å². The van der Waals surface area contributed by atoms with Crippen LogP contribution in [0.15, 0.2) is 29.1 Å². The predicted molar refractivity (Wildman–Crippen MR) is 161 cm³/mol. The number of rotatable bonds is 26. The van der Waals surface area contributed by atoms with Gasteiger partial charge in [0.15, 0.2) is 5.75 Å². The van der Waals surface area contributed by atoms with Crippen LogP contribution in [-0.2, 0) is 4.79 Å². The number of hydrogen-bond acceptors (Lipinski definition) is 4. The van der Waals surface area contributed by atoms with Crippen molar-refractivity contribution in [2.24, 2.45) is 0 Å². The second-order valence-electron chi connectivity index (χ2n) is 10.9. The summed E-state index contributed by atoms with van der Waals surface area (Å²) in [6.07, 6.45) is 28.3. The quantitative estimate of drug-likeness (QED) is 0.0883. The first kappa shape index (κ1) is 34.2. The van der Waals surface area contributed by atoms with E-state index in [1.165, 1.54) is 122 Å². The van der Waals surface area contributed by atoms with Crippen LogP contribution in [0.3, 0.4) is 0 Å². The van der Waals surface area contributed by atoms with Gasteiger partial charge >= 0.3 is 5.97 Å². The standard InChI is InChI=1S/C34H58O4/c1-3-5-7-9-11-13-14-15-16-18-20-22-24-30-37-31-26-28-32(35)33(29-27-31)38-34(36)25-23-21-19-17-12-10-8-6-4-2/h26-29H,3-25,30H2,1-2H3. The van der Waals surface area contributed by atoms with Crippen LogP contribution >= 0.6 is 0 Å². The number of carbonyl (C=O) groups is 1. The Labute approximate surface area is 234 Å². The minimum atomic E-state index is -0.328. The largest absolute Gasteiger partial charge is 0.494 e. The fourth-order valence-electron chi connectivity index (χ4n) is 4.78. The summed E-state index contributed by atoms with van der Waals surface area (Å²) in [5.41, 5.74) is -0.291. The average Bonchev–Trinajstić information content (AvgIpc) is 3.09. The lowest BCUT2D eigenvalue weighted by Crippen LogP contribution is -2.12. The maximum atomic E-state index is 12.3. The molecule has 0 heterocycles. The molecule has 218 valence electrons. The number of ether oxygens (including phenoxy) is 2. The van der Waals surface area contributed by atoms with E-state index in [2.05, 4.69) is 13.8 Å². The van der Waals surface area contributed by atoms with Crippen LogP contribution in [0.1, 0.15) is 162 Å². The molecule has 0 aromatic heterocycles. The number of hydrogen-bond donors (Lipinski definition) is 0. The lowest BCUT2D eigenvalue weighted by molar-refractivity contribution is -0.134. The van der Waals surface area contributed by atoms with E-state index in [4.69, 9.17) is 9.47 Å². The normalized spacial score (nSPS) is 11.0. The molecule has 0 aliphatic rings. The highest BCUT2D eigenvalue weighted by Gasteiger charge is 2.07. The van der Waals surface area contributed by atoms with Gasteiger partial charge in [0.2, 0.25) is 5.43 Å². The second kappa shape index (κ2) is 25.4. The van der Waals surface area contributed by atoms with Crippen molar-refractivity contribution < 1.29 is 14.3 Å². The van der Waals surface area contributed by atoms with Gasteiger partial charge in [0, 0.05) is 6.42 Å². The number of unbranched alkanes of at least 4 members (excludes halogenated alkanes) is 20. The minimum Gasteiger partial charge on any atom is -0.494 e. The average molecular weight is 531 g/mol. The molecule has 0 N–H and O–H groups in total. The summed E-state index contributed by atoms with van der Waals surface area (Å²) in [6, 6.07) is 6.39. The highest BCUT2D eigenvalue weighted by Crippen LogP contribution is 2.15. The molecule has 1 aromatic carbocycles. The Bertz CT molecular complexity index is 745. The van der Waals surface area contributed by atoms with E-state index in [9.17, 15) is 9.59 Å². The zero-order valence-corrected chi connectivity index (χ0v) is 24.9. The predicted octanol–water partition coefficient (Wildman–Crippen LogP) is 10.3. The first-order valence-electron chi connectivity index (χ1n) is 16.1. The van der Waals surface area contributed by atoms with E-state index < -0.39 is 0 Å². The van der Waals surface area contributed by atoms with E-state index >= 15 is 0 Å². The van der Waals surface area contributed by atoms with Crippen LogP contribution in [0.4, 0.5) is 0 Å². The van der Waals surface area contributed by atoms with Crippen LogP contribution in [0.2, 0.25) is 0 Å². The van der Waals surface area contributed by atoms with E-state index in [0.29, 0.717) is 18.8 Å². The van der Waals surface area contributed by atoms with Gasteiger partial charge in [-0.25, -0.2) is 0 Å². The minimum absolute atomic E-state index is 0.0849. The monoisotopic (exact) mass is 530 g/mol. The zero-order chi connectivity index (χ0) is 27.5. The van der Waals surface area contributed by atoms with E-state index in [0.717, 1.165) is 25.7 Å². The lowest BCUT2D eigenvalue weighted by atomic mass is 10.0. The molecule has 0 aliphatic carbocycles. The Kier molecular flexibility index (Phi) is 22.9.